The molecule has 700 valence electrons. The highest BCUT2D eigenvalue weighted by atomic mass is 35.5. The second-order valence-electron chi connectivity index (χ2n) is 29.5. The zero-order valence-electron chi connectivity index (χ0n) is 69.9. The molecule has 12 rings (SSSR count). The zero-order valence-corrected chi connectivity index (χ0v) is 70.7. The van der Waals surface area contributed by atoms with E-state index in [4.69, 9.17) is 22.3 Å². The molecule has 6 heterocycles. The van der Waals surface area contributed by atoms with Gasteiger partial charge in [-0.1, -0.05) is 36.4 Å². The molecule has 0 unspecified atom stereocenters. The molecule has 0 aliphatic carbocycles. The van der Waals surface area contributed by atoms with Crippen molar-refractivity contribution in [3.05, 3.63) is 319 Å². The predicted molar refractivity (Wildman–Crippen MR) is 442 cm³/mol. The van der Waals surface area contributed by atoms with Crippen molar-refractivity contribution in [1.82, 2.24) is 54.7 Å². The van der Waals surface area contributed by atoms with E-state index >= 15 is 0 Å². The molecule has 6 aromatic carbocycles. The molecule has 8 N–H and O–H groups in total. The summed E-state index contributed by atoms with van der Waals surface area (Å²) in [6.45, 7) is -1.12. The monoisotopic (exact) mass is 1890 g/mol. The van der Waals surface area contributed by atoms with Crippen molar-refractivity contribution in [3.8, 4) is 33.4 Å². The van der Waals surface area contributed by atoms with Crippen LogP contribution in [-0.4, -0.2) is 135 Å². The Hall–Kier alpha value is -14.6. The van der Waals surface area contributed by atoms with Gasteiger partial charge in [0.25, 0.3) is 23.6 Å². The number of alkyl halides is 9. The second-order valence-corrected chi connectivity index (χ2v) is 29.5. The van der Waals surface area contributed by atoms with Crippen LogP contribution in [0, 0.1) is 52.4 Å². The largest absolute Gasteiger partial charge is 0.478 e. The number of primary amides is 3. The van der Waals surface area contributed by atoms with Gasteiger partial charge in [-0.25, -0.2) is 49.8 Å². The molecule has 3 atom stereocenters. The average Bonchev–Trinajstić information content (AvgIpc) is 1.63. The fraction of sp³-hybridized carbons (Fsp3) is 0.225. The number of nitrogens with two attached hydrogens (primary N) is 3. The van der Waals surface area contributed by atoms with Gasteiger partial charge in [-0.2, -0.15) is 54.8 Å². The number of carboxylic acids is 1. The summed E-state index contributed by atoms with van der Waals surface area (Å²) in [5.41, 5.74) is 12.9. The summed E-state index contributed by atoms with van der Waals surface area (Å²) in [7, 11) is 5.81. The molecule has 0 saturated heterocycles. The number of nitrogens with zero attached hydrogens (tertiary/aromatic N) is 10. The number of carbonyl (C=O) groups excluding carboxylic acids is 8. The summed E-state index contributed by atoms with van der Waals surface area (Å²) in [5.74, 6) is -19.4. The van der Waals surface area contributed by atoms with Crippen LogP contribution in [0.2, 0.25) is 0 Å². The van der Waals surface area contributed by atoms with Crippen LogP contribution in [0.15, 0.2) is 183 Å². The molecular weight excluding hydrogens is 1820 g/mol. The van der Waals surface area contributed by atoms with Gasteiger partial charge >= 0.3 is 24.5 Å². The summed E-state index contributed by atoms with van der Waals surface area (Å²) in [6.07, 6.45) is -10.2. The first-order chi connectivity index (χ1) is 62.0. The molecule has 12 aromatic rings. The number of carbonyl (C=O) groups is 9. The number of ketones is 4. The van der Waals surface area contributed by atoms with Gasteiger partial charge in [-0.05, 0) is 151 Å². The van der Waals surface area contributed by atoms with Crippen LogP contribution in [0.4, 0.5) is 79.0 Å². The first-order valence-electron chi connectivity index (χ1n) is 38.6. The molecule has 25 nitrogen and oxygen atoms in total. The third-order valence-electron chi connectivity index (χ3n) is 19.5. The first-order valence-corrected chi connectivity index (χ1v) is 38.6. The van der Waals surface area contributed by atoms with E-state index in [0.29, 0.717) is 66.3 Å². The van der Waals surface area contributed by atoms with Gasteiger partial charge in [-0.3, -0.25) is 67.4 Å². The highest BCUT2D eigenvalue weighted by Gasteiger charge is 2.43. The van der Waals surface area contributed by atoms with Crippen molar-refractivity contribution in [2.45, 2.75) is 101 Å². The lowest BCUT2D eigenvalue weighted by Crippen LogP contribution is -2.24. The minimum Gasteiger partial charge on any atom is -0.478 e. The van der Waals surface area contributed by atoms with Crippen molar-refractivity contribution in [2.75, 3.05) is 28.3 Å². The van der Waals surface area contributed by atoms with E-state index in [-0.39, 0.29) is 83.8 Å². The number of Topliss-reactive ketones (excluding diaryl/α,β-unsaturated/α-hetero) is 4. The Morgan fingerprint density at radius 3 is 0.910 bits per heavy atom. The molecule has 0 aliphatic heterocycles. The highest BCUT2D eigenvalue weighted by Crippen LogP contribution is 2.40. The number of halogens is 19. The van der Waals surface area contributed by atoms with E-state index in [0.717, 1.165) is 78.8 Å². The number of benzene rings is 6. The number of hydrogen-bond acceptors (Lipinski definition) is 17. The van der Waals surface area contributed by atoms with E-state index in [1.54, 1.807) is 44.5 Å². The molecule has 0 aliphatic rings. The van der Waals surface area contributed by atoms with E-state index in [2.05, 4.69) is 40.6 Å². The van der Waals surface area contributed by atoms with Gasteiger partial charge in [0.15, 0.2) is 40.2 Å². The maximum atomic E-state index is 14.2. The van der Waals surface area contributed by atoms with E-state index < -0.39 is 218 Å². The van der Waals surface area contributed by atoms with Gasteiger partial charge in [0, 0.05) is 130 Å². The second kappa shape index (κ2) is 44.8. The molecule has 44 heteroatoms. The standard InChI is InChI=1S/C30H25F6N5O3.C29H22F6N4O3.C28H20F6N4O4.C2H7NO.ClH/c1-40(2)29(44)24-15-41(39-27(24)30(34,35)36)14-21(42)11-18(8-16-9-19(31)13-20(32)10-16)26-22(4-3-7-38-26)17-5-6-25(33)23(12-17)28(37)43;1-15(40)24-14-39(38-27(24)29(33,34)35)13-21(41)10-18(7-16-8-19(30)12-20(31)9-16)26-22(3-2-6-37-26)17-4-5-25(32)23(11-17)28(36)42;29-17-7-14(8-18(30)11-17)6-16(9-19(39)12-38-13-22(27(41)42)25(37-38)28(32,33)34)24-20(2-1-5-36-24)15-3-4-23(31)21(10-15)26(35)40;1-3-4-2;/h3-7,9-10,12-13,15,18H,8,11,14H2,1-2H3,(H2,37,43);2-6,8-9,11-12,14,18H,7,10,13H2,1H3,(H2,36,42);1-5,7-8,10-11,13,16H,6,9,12H2,(H2,35,40)(H,41,42);3H,1-2H3;1H/t2*18-;16-;;/m111../s1. The lowest BCUT2D eigenvalue weighted by molar-refractivity contribution is -0.142. The number of hydrogen-bond donors (Lipinski definition) is 5. The van der Waals surface area contributed by atoms with Crippen molar-refractivity contribution >= 4 is 65.1 Å². The highest BCUT2D eigenvalue weighted by molar-refractivity contribution is 5.98. The Bertz CT molecular complexity index is 6030. The quantitative estimate of drug-likeness (QED) is 0.0153. The predicted octanol–water partition coefficient (Wildman–Crippen LogP) is 16.2. The minimum atomic E-state index is -5.09. The van der Waals surface area contributed by atoms with E-state index in [1.165, 1.54) is 75.2 Å². The van der Waals surface area contributed by atoms with Gasteiger partial charge < -0.3 is 32.0 Å². The smallest absolute Gasteiger partial charge is 0.436 e. The molecular formula is C89H75ClF18N14O11. The number of aromatic carboxylic acids is 1. The summed E-state index contributed by atoms with van der Waals surface area (Å²) >= 11 is 0. The lowest BCUT2D eigenvalue weighted by atomic mass is 9.86. The molecule has 0 bridgehead atoms. The number of aromatic nitrogens is 9. The molecule has 0 fully saturated rings. The SMILES string of the molecule is CC(=O)c1cn(CC(=O)C[C@@H](Cc2cc(F)cc(F)c2)c2ncccc2-c2ccc(F)c(C(N)=O)c2)nc1C(F)(F)F.CN(C)C(=O)c1cn(CC(=O)C[C@@H](Cc2cc(F)cc(F)c2)c2ncccc2-c2ccc(F)c(C(N)=O)c2)nc1C(F)(F)F.CNOC.Cl.NC(=O)c1cc(-c2cccnc2[C@@H](CC(=O)Cn2cc(C(=O)O)c(C(F)(F)F)n2)Cc2cc(F)cc(F)c2)ccc1F. The Morgan fingerprint density at radius 1 is 0.414 bits per heavy atom. The molecule has 6 aromatic heterocycles. The summed E-state index contributed by atoms with van der Waals surface area (Å²) in [6, 6.07) is 28.3. The number of amides is 4. The normalized spacial score (nSPS) is 12.0. The van der Waals surface area contributed by atoms with Crippen LogP contribution < -0.4 is 22.7 Å². The molecule has 4 amide bonds. The third-order valence-corrected chi connectivity index (χ3v) is 19.5. The minimum absolute atomic E-state index is 0. The van der Waals surface area contributed by atoms with Crippen molar-refractivity contribution in [3.63, 3.8) is 0 Å². The maximum absolute atomic E-state index is 14.2. The molecule has 133 heavy (non-hydrogen) atoms. The summed E-state index contributed by atoms with van der Waals surface area (Å²) in [5, 5.41) is 19.2. The van der Waals surface area contributed by atoms with Crippen LogP contribution in [0.25, 0.3) is 33.4 Å². The topological polar surface area (TPSA) is 369 Å². The number of hydroxylamine groups is 1. The molecule has 0 saturated carbocycles. The van der Waals surface area contributed by atoms with Crippen LogP contribution in [0.3, 0.4) is 0 Å². The fourth-order valence-electron chi connectivity index (χ4n) is 13.9. The Labute approximate surface area is 748 Å². The fourth-order valence-corrected chi connectivity index (χ4v) is 13.9. The van der Waals surface area contributed by atoms with Crippen molar-refractivity contribution < 1.29 is 132 Å². The Morgan fingerprint density at radius 2 is 0.677 bits per heavy atom. The van der Waals surface area contributed by atoms with Crippen LogP contribution in [0.1, 0.15) is 157 Å². The number of rotatable bonds is 31. The van der Waals surface area contributed by atoms with Gasteiger partial charge in [0.05, 0.1) is 71.6 Å². The zero-order chi connectivity index (χ0) is 97.3. The number of pyridine rings is 3. The lowest BCUT2D eigenvalue weighted by Gasteiger charge is -2.20. The average molecular weight is 1890 g/mol. The van der Waals surface area contributed by atoms with Gasteiger partial charge in [-0.15, -0.1) is 12.4 Å². The number of carboxylic acid groups (broad SMARTS) is 1. The Balaban J connectivity index is 0.000000240. The maximum Gasteiger partial charge on any atom is 0.436 e. The van der Waals surface area contributed by atoms with Gasteiger partial charge in [0.1, 0.15) is 57.9 Å². The van der Waals surface area contributed by atoms with Crippen LogP contribution >= 0.6 is 12.4 Å². The third kappa shape index (κ3) is 28.0. The van der Waals surface area contributed by atoms with Crippen LogP contribution in [-0.2, 0) is 76.6 Å². The summed E-state index contributed by atoms with van der Waals surface area (Å²) < 4.78 is 249. The van der Waals surface area contributed by atoms with E-state index in [9.17, 15) is 122 Å². The van der Waals surface area contributed by atoms with Gasteiger partial charge in [0.2, 0.25) is 0 Å². The van der Waals surface area contributed by atoms with E-state index in [1.807, 2.05) is 0 Å². The molecule has 0 radical (unpaired) electrons. The van der Waals surface area contributed by atoms with Crippen LogP contribution in [0.5, 0.6) is 0 Å². The summed E-state index contributed by atoms with van der Waals surface area (Å²) in [4.78, 5) is 128. The van der Waals surface area contributed by atoms with Crippen molar-refractivity contribution in [1.29, 1.82) is 0 Å². The molecule has 0 spiro atoms. The number of nitrogens with one attached hydrogen (secondary N) is 1. The van der Waals surface area contributed by atoms with Crippen molar-refractivity contribution in [2.24, 2.45) is 17.2 Å². The first kappa shape index (κ1) is 104. The Kier molecular flexibility index (Phi) is 34.9.